The van der Waals surface area contributed by atoms with Gasteiger partial charge >= 0.3 is 5.97 Å². The van der Waals surface area contributed by atoms with Crippen LogP contribution >= 0.6 is 0 Å². The summed E-state index contributed by atoms with van der Waals surface area (Å²) >= 11 is 0. The molecular formula is C23H24N2O7. The first-order chi connectivity index (χ1) is 15.5. The minimum atomic E-state index is -0.550. The molecule has 2 unspecified atom stereocenters. The fourth-order valence-corrected chi connectivity index (χ4v) is 5.28. The Morgan fingerprint density at radius 2 is 1.84 bits per heavy atom. The van der Waals surface area contributed by atoms with Crippen molar-refractivity contribution in [2.75, 3.05) is 41.7 Å². The second-order valence-corrected chi connectivity index (χ2v) is 8.04. The van der Waals surface area contributed by atoms with E-state index in [-0.39, 0.29) is 12.8 Å². The monoisotopic (exact) mass is 440 g/mol. The van der Waals surface area contributed by atoms with Crippen molar-refractivity contribution in [1.29, 1.82) is 5.26 Å². The van der Waals surface area contributed by atoms with Crippen LogP contribution in [0.2, 0.25) is 0 Å². The maximum Gasteiger partial charge on any atom is 0.342 e. The van der Waals surface area contributed by atoms with Crippen LogP contribution in [0.4, 0.5) is 0 Å². The molecule has 0 amide bonds. The van der Waals surface area contributed by atoms with Crippen LogP contribution in [0.15, 0.2) is 22.7 Å². The van der Waals surface area contributed by atoms with Gasteiger partial charge in [-0.1, -0.05) is 0 Å². The molecule has 32 heavy (non-hydrogen) atoms. The highest BCUT2D eigenvalue weighted by atomic mass is 16.7. The topological polar surface area (TPSA) is 99.5 Å². The number of carbonyl (C=O) groups is 1. The van der Waals surface area contributed by atoms with Crippen LogP contribution in [0.25, 0.3) is 0 Å². The van der Waals surface area contributed by atoms with Gasteiger partial charge in [-0.3, -0.25) is 4.90 Å². The summed E-state index contributed by atoms with van der Waals surface area (Å²) < 4.78 is 34.0. The summed E-state index contributed by atoms with van der Waals surface area (Å²) in [5, 5.41) is 9.92. The summed E-state index contributed by atoms with van der Waals surface area (Å²) in [5.74, 6) is 1.98. The third-order valence-electron chi connectivity index (χ3n) is 6.66. The molecule has 0 saturated carbocycles. The quantitative estimate of drug-likeness (QED) is 0.653. The van der Waals surface area contributed by atoms with Gasteiger partial charge in [-0.05, 0) is 31.0 Å². The highest BCUT2D eigenvalue weighted by molar-refractivity contribution is 5.97. The fraction of sp³-hybridized carbons (Fsp3) is 0.478. The second-order valence-electron chi connectivity index (χ2n) is 8.04. The number of fused-ring (bicyclic) bond motifs is 2. The van der Waals surface area contributed by atoms with E-state index in [0.717, 1.165) is 16.7 Å². The summed E-state index contributed by atoms with van der Waals surface area (Å²) in [5.41, 5.74) is 3.40. The van der Waals surface area contributed by atoms with E-state index in [1.165, 1.54) is 7.11 Å². The Hall–Kier alpha value is -3.38. The Balaban J connectivity index is 1.71. The molecule has 2 atom stereocenters. The highest BCUT2D eigenvalue weighted by Crippen LogP contribution is 2.54. The number of allylic oxidation sites excluding steroid dienone is 1. The Morgan fingerprint density at radius 3 is 2.53 bits per heavy atom. The molecule has 5 rings (SSSR count). The van der Waals surface area contributed by atoms with Crippen molar-refractivity contribution in [3.05, 3.63) is 39.4 Å². The molecule has 0 fully saturated rings. The summed E-state index contributed by atoms with van der Waals surface area (Å²) in [6, 6.07) is 1.93. The number of nitriles is 1. The van der Waals surface area contributed by atoms with Gasteiger partial charge in [-0.2, -0.15) is 5.26 Å². The molecule has 0 radical (unpaired) electrons. The lowest BCUT2D eigenvalue weighted by atomic mass is 9.81. The number of benzene rings is 1. The lowest BCUT2D eigenvalue weighted by Gasteiger charge is -2.39. The highest BCUT2D eigenvalue weighted by Gasteiger charge is 2.49. The molecule has 3 heterocycles. The van der Waals surface area contributed by atoms with Crippen LogP contribution in [0.3, 0.4) is 0 Å². The number of hydrogen-bond donors (Lipinski definition) is 0. The standard InChI is InChI=1S/C23H24N2O7/c1-25-8-7-11-13(9-24)19-22(31-10-30-19)21(29-4)15(11)17(25)18-12-5-6-14(27-2)20(28-3)16(12)23(26)32-18/h17-18H,5-8,10H2,1-4H3. The molecule has 9 heteroatoms. The molecule has 1 aromatic rings. The van der Waals surface area contributed by atoms with E-state index in [1.54, 1.807) is 14.2 Å². The van der Waals surface area contributed by atoms with Gasteiger partial charge in [0.15, 0.2) is 17.3 Å². The Bertz CT molecular complexity index is 1110. The summed E-state index contributed by atoms with van der Waals surface area (Å²) in [4.78, 5) is 15.1. The van der Waals surface area contributed by atoms with Crippen molar-refractivity contribution >= 4 is 5.97 Å². The average molecular weight is 440 g/mol. The van der Waals surface area contributed by atoms with Gasteiger partial charge in [0, 0.05) is 18.5 Å². The average Bonchev–Trinajstić information content (AvgIpc) is 3.41. The van der Waals surface area contributed by atoms with Crippen LogP contribution in [-0.2, 0) is 25.4 Å². The van der Waals surface area contributed by atoms with Crippen molar-refractivity contribution in [3.8, 4) is 23.3 Å². The number of ether oxygens (including phenoxy) is 6. The first kappa shape index (κ1) is 20.5. The SMILES string of the molecule is COC1=C(OC)C2=C(CC1)C(C1c3c(c(C#N)c4c(c3OC)OCO4)CCN1C)OC2=O. The van der Waals surface area contributed by atoms with E-state index in [0.29, 0.717) is 65.7 Å². The van der Waals surface area contributed by atoms with Crippen LogP contribution < -0.4 is 14.2 Å². The van der Waals surface area contributed by atoms with Gasteiger partial charge in [-0.15, -0.1) is 0 Å². The zero-order chi connectivity index (χ0) is 22.6. The van der Waals surface area contributed by atoms with E-state index < -0.39 is 12.1 Å². The summed E-state index contributed by atoms with van der Waals surface area (Å²) in [7, 11) is 6.64. The minimum Gasteiger partial charge on any atom is -0.497 e. The largest absolute Gasteiger partial charge is 0.497 e. The fourth-order valence-electron chi connectivity index (χ4n) is 5.28. The Kier molecular flexibility index (Phi) is 4.90. The van der Waals surface area contributed by atoms with E-state index in [4.69, 9.17) is 28.4 Å². The van der Waals surface area contributed by atoms with Crippen molar-refractivity contribution in [3.63, 3.8) is 0 Å². The number of carbonyl (C=O) groups excluding carboxylic acids is 1. The molecule has 1 aliphatic carbocycles. The second kappa shape index (κ2) is 7.64. The Morgan fingerprint density at radius 1 is 1.06 bits per heavy atom. The first-order valence-electron chi connectivity index (χ1n) is 10.4. The number of methoxy groups -OCH3 is 3. The van der Waals surface area contributed by atoms with Gasteiger partial charge in [0.1, 0.15) is 29.1 Å². The molecule has 168 valence electrons. The lowest BCUT2D eigenvalue weighted by Crippen LogP contribution is -2.41. The smallest absolute Gasteiger partial charge is 0.342 e. The van der Waals surface area contributed by atoms with Crippen molar-refractivity contribution in [1.82, 2.24) is 4.90 Å². The zero-order valence-corrected chi connectivity index (χ0v) is 18.4. The predicted molar refractivity (Wildman–Crippen MR) is 110 cm³/mol. The number of likely N-dealkylation sites (N-methyl/N-ethyl adjacent to an activating group) is 1. The number of nitrogens with zero attached hydrogens (tertiary/aromatic N) is 2. The molecular weight excluding hydrogens is 416 g/mol. The van der Waals surface area contributed by atoms with Crippen LogP contribution in [-0.4, -0.2) is 58.7 Å². The van der Waals surface area contributed by atoms with Gasteiger partial charge in [0.2, 0.25) is 12.5 Å². The number of rotatable bonds is 4. The first-order valence-corrected chi connectivity index (χ1v) is 10.4. The number of esters is 1. The normalized spacial score (nSPS) is 24.0. The molecule has 0 saturated heterocycles. The molecule has 0 spiro atoms. The summed E-state index contributed by atoms with van der Waals surface area (Å²) in [6.07, 6.45) is 1.31. The van der Waals surface area contributed by atoms with Gasteiger partial charge in [0.25, 0.3) is 0 Å². The number of cyclic esters (lactones) is 1. The predicted octanol–water partition coefficient (Wildman–Crippen LogP) is 2.34. The van der Waals surface area contributed by atoms with Crippen molar-refractivity contribution in [2.45, 2.75) is 31.4 Å². The minimum absolute atomic E-state index is 0.0271. The molecule has 0 N–H and O–H groups in total. The Labute approximate surface area is 185 Å². The molecule has 0 bridgehead atoms. The van der Waals surface area contributed by atoms with Crippen LogP contribution in [0, 0.1) is 11.3 Å². The van der Waals surface area contributed by atoms with Crippen molar-refractivity contribution in [2.24, 2.45) is 0 Å². The molecule has 9 nitrogen and oxygen atoms in total. The molecule has 1 aromatic carbocycles. The van der Waals surface area contributed by atoms with Gasteiger partial charge in [0.05, 0.1) is 27.4 Å². The van der Waals surface area contributed by atoms with Gasteiger partial charge < -0.3 is 28.4 Å². The summed E-state index contributed by atoms with van der Waals surface area (Å²) in [6.45, 7) is 0.710. The van der Waals surface area contributed by atoms with Crippen LogP contribution in [0.5, 0.6) is 17.2 Å². The third-order valence-corrected chi connectivity index (χ3v) is 6.66. The van der Waals surface area contributed by atoms with Crippen LogP contribution in [0.1, 0.15) is 35.6 Å². The zero-order valence-electron chi connectivity index (χ0n) is 18.4. The molecule has 3 aliphatic heterocycles. The maximum atomic E-state index is 13.0. The third kappa shape index (κ3) is 2.69. The number of hydrogen-bond acceptors (Lipinski definition) is 9. The van der Waals surface area contributed by atoms with Gasteiger partial charge in [-0.25, -0.2) is 4.79 Å². The van der Waals surface area contributed by atoms with E-state index >= 15 is 0 Å². The molecule has 4 aliphatic rings. The van der Waals surface area contributed by atoms with E-state index in [9.17, 15) is 10.1 Å². The van der Waals surface area contributed by atoms with E-state index in [1.807, 2.05) is 7.05 Å². The van der Waals surface area contributed by atoms with Crippen molar-refractivity contribution < 1.29 is 33.2 Å². The van der Waals surface area contributed by atoms with E-state index in [2.05, 4.69) is 11.0 Å². The lowest BCUT2D eigenvalue weighted by molar-refractivity contribution is -0.142. The maximum absolute atomic E-state index is 13.0. The molecule has 0 aromatic heterocycles.